The van der Waals surface area contributed by atoms with Crippen molar-refractivity contribution in [1.82, 2.24) is 18.2 Å². The van der Waals surface area contributed by atoms with Crippen molar-refractivity contribution in [2.75, 3.05) is 0 Å². The van der Waals surface area contributed by atoms with Crippen molar-refractivity contribution >= 4 is 29.6 Å². The predicted molar refractivity (Wildman–Crippen MR) is 55.3 cm³/mol. The average molecular weight is 243 g/mol. The van der Waals surface area contributed by atoms with E-state index in [0.29, 0.717) is 11.4 Å². The Bertz CT molecular complexity index is 458. The van der Waals surface area contributed by atoms with Gasteiger partial charge in [-0.15, -0.1) is 0 Å². The zero-order chi connectivity index (χ0) is 10.4. The minimum Gasteiger partial charge on any atom is -0.258 e. The molecule has 1 saturated heterocycles. The summed E-state index contributed by atoms with van der Waals surface area (Å²) in [5.41, 5.74) is 1.09. The first-order chi connectivity index (χ1) is 7.27. The second kappa shape index (κ2) is 3.23. The zero-order valence-corrected chi connectivity index (χ0v) is 8.84. The smallest absolute Gasteiger partial charge is 0.258 e. The first kappa shape index (κ1) is 9.21. The van der Waals surface area contributed by atoms with Crippen molar-refractivity contribution in [3.8, 4) is 0 Å². The van der Waals surface area contributed by atoms with Crippen molar-refractivity contribution in [2.45, 2.75) is 12.1 Å². The van der Waals surface area contributed by atoms with Crippen LogP contribution in [0.1, 0.15) is 17.4 Å². The zero-order valence-electron chi connectivity index (χ0n) is 7.21. The number of nitro groups is 1. The maximum atomic E-state index is 10.8. The molecule has 0 bridgehead atoms. The number of fused-ring (bicyclic) bond motifs is 3. The lowest BCUT2D eigenvalue weighted by Crippen LogP contribution is -2.29. The second-order valence-electron chi connectivity index (χ2n) is 3.15. The van der Waals surface area contributed by atoms with Crippen molar-refractivity contribution in [2.24, 2.45) is 0 Å². The Labute approximate surface area is 92.7 Å². The molecule has 1 aromatic heterocycles. The van der Waals surface area contributed by atoms with Gasteiger partial charge in [0.25, 0.3) is 5.70 Å². The SMILES string of the molecule is O=[N+]([O-])C1=C[C@H]2NSN[C@@H]2c2nsnc21. The number of aromatic nitrogens is 2. The average Bonchev–Trinajstić information content (AvgIpc) is 2.83. The summed E-state index contributed by atoms with van der Waals surface area (Å²) in [6, 6.07) is -0.112. The number of hydrogen-bond donors (Lipinski definition) is 2. The van der Waals surface area contributed by atoms with Crippen LogP contribution in [0.3, 0.4) is 0 Å². The number of rotatable bonds is 1. The van der Waals surface area contributed by atoms with Crippen LogP contribution in [0.2, 0.25) is 0 Å². The van der Waals surface area contributed by atoms with Gasteiger partial charge >= 0.3 is 0 Å². The van der Waals surface area contributed by atoms with E-state index in [9.17, 15) is 10.1 Å². The maximum absolute atomic E-state index is 10.8. The van der Waals surface area contributed by atoms with E-state index in [1.807, 2.05) is 0 Å². The van der Waals surface area contributed by atoms with Crippen LogP contribution < -0.4 is 9.44 Å². The number of nitrogens with one attached hydrogen (secondary N) is 2. The van der Waals surface area contributed by atoms with Crippen LogP contribution in [0.25, 0.3) is 5.70 Å². The van der Waals surface area contributed by atoms with Gasteiger partial charge in [0.05, 0.1) is 28.7 Å². The summed E-state index contributed by atoms with van der Waals surface area (Å²) in [5.74, 6) is 0. The molecule has 1 fully saturated rings. The Morgan fingerprint density at radius 1 is 1.47 bits per heavy atom. The number of nitrogens with zero attached hydrogens (tertiary/aromatic N) is 3. The molecule has 3 rings (SSSR count). The minimum atomic E-state index is -0.416. The maximum Gasteiger partial charge on any atom is 0.295 e. The molecule has 2 aliphatic rings. The first-order valence-electron chi connectivity index (χ1n) is 4.13. The predicted octanol–water partition coefficient (Wildman–Crippen LogP) is 0.335. The second-order valence-corrected chi connectivity index (χ2v) is 4.35. The molecule has 1 aromatic rings. The molecule has 1 aliphatic carbocycles. The summed E-state index contributed by atoms with van der Waals surface area (Å²) >= 11 is 2.33. The molecule has 78 valence electrons. The highest BCUT2D eigenvalue weighted by atomic mass is 32.2. The summed E-state index contributed by atoms with van der Waals surface area (Å²) < 4.78 is 14.2. The summed E-state index contributed by atoms with van der Waals surface area (Å²) in [4.78, 5) is 10.4. The van der Waals surface area contributed by atoms with Crippen LogP contribution in [-0.4, -0.2) is 19.7 Å². The molecular weight excluding hydrogens is 238 g/mol. The molecule has 9 heteroatoms. The molecule has 0 aromatic carbocycles. The lowest BCUT2D eigenvalue weighted by Gasteiger charge is -2.16. The van der Waals surface area contributed by atoms with Crippen LogP contribution in [0.4, 0.5) is 0 Å². The monoisotopic (exact) mass is 243 g/mol. The summed E-state index contributed by atoms with van der Waals surface area (Å²) in [6.45, 7) is 0. The van der Waals surface area contributed by atoms with E-state index in [-0.39, 0.29) is 17.8 Å². The highest BCUT2D eigenvalue weighted by molar-refractivity contribution is 7.95. The molecule has 1 aliphatic heterocycles. The largest absolute Gasteiger partial charge is 0.295 e. The summed E-state index contributed by atoms with van der Waals surface area (Å²) in [5, 5.41) is 10.8. The normalized spacial score (nSPS) is 28.1. The van der Waals surface area contributed by atoms with Gasteiger partial charge in [0.2, 0.25) is 0 Å². The molecule has 0 saturated carbocycles. The third-order valence-corrected chi connectivity index (χ3v) is 3.63. The Balaban J connectivity index is 2.15. The number of hydrogen-bond acceptors (Lipinski definition) is 8. The van der Waals surface area contributed by atoms with Crippen LogP contribution >= 0.6 is 23.9 Å². The van der Waals surface area contributed by atoms with E-state index in [1.165, 1.54) is 12.1 Å². The fourth-order valence-corrected chi connectivity index (χ4v) is 3.03. The van der Waals surface area contributed by atoms with Crippen molar-refractivity contribution in [1.29, 1.82) is 0 Å². The Morgan fingerprint density at radius 2 is 2.33 bits per heavy atom. The van der Waals surface area contributed by atoms with Gasteiger partial charge in [-0.2, -0.15) is 8.75 Å². The van der Waals surface area contributed by atoms with Crippen molar-refractivity contribution in [3.63, 3.8) is 0 Å². The van der Waals surface area contributed by atoms with Gasteiger partial charge in [0.15, 0.2) is 5.69 Å². The van der Waals surface area contributed by atoms with Crippen LogP contribution in [0.15, 0.2) is 6.08 Å². The van der Waals surface area contributed by atoms with Gasteiger partial charge in [-0.1, -0.05) is 0 Å². The van der Waals surface area contributed by atoms with E-state index in [0.717, 1.165) is 11.7 Å². The lowest BCUT2D eigenvalue weighted by molar-refractivity contribution is -0.376. The van der Waals surface area contributed by atoms with E-state index in [4.69, 9.17) is 0 Å². The minimum absolute atomic E-state index is 0.0209. The highest BCUT2D eigenvalue weighted by Gasteiger charge is 2.40. The topological polar surface area (TPSA) is 93.0 Å². The molecular formula is C6H5N5O2S2. The lowest BCUT2D eigenvalue weighted by atomic mass is 9.97. The Morgan fingerprint density at radius 3 is 3.13 bits per heavy atom. The molecule has 15 heavy (non-hydrogen) atoms. The van der Waals surface area contributed by atoms with Crippen LogP contribution in [0, 0.1) is 10.1 Å². The van der Waals surface area contributed by atoms with Gasteiger partial charge in [0, 0.05) is 18.2 Å². The fourth-order valence-electron chi connectivity index (χ4n) is 1.64. The van der Waals surface area contributed by atoms with Gasteiger partial charge in [0.1, 0.15) is 5.69 Å². The first-order valence-corrected chi connectivity index (χ1v) is 5.68. The fraction of sp³-hybridized carbons (Fsp3) is 0.333. The standard InChI is InChI=1S/C6H5N5O2S2/c12-11(13)3-1-2-4(8-14-7-2)6-5(3)9-15-10-6/h1-2,4,7-8H/t2-,4+/m1/s1. The van der Waals surface area contributed by atoms with Crippen LogP contribution in [-0.2, 0) is 0 Å². The molecule has 0 amide bonds. The van der Waals surface area contributed by atoms with Crippen LogP contribution in [0.5, 0.6) is 0 Å². The van der Waals surface area contributed by atoms with Gasteiger partial charge in [-0.05, 0) is 0 Å². The van der Waals surface area contributed by atoms with Crippen molar-refractivity contribution in [3.05, 3.63) is 27.6 Å². The molecule has 2 atom stereocenters. The summed E-state index contributed by atoms with van der Waals surface area (Å²) in [7, 11) is 0. The third kappa shape index (κ3) is 1.28. The Kier molecular flexibility index (Phi) is 1.99. The molecule has 2 N–H and O–H groups in total. The van der Waals surface area contributed by atoms with Gasteiger partial charge in [-0.3, -0.25) is 10.1 Å². The van der Waals surface area contributed by atoms with Gasteiger partial charge in [-0.25, -0.2) is 9.44 Å². The quantitative estimate of drug-likeness (QED) is 0.417. The molecule has 7 nitrogen and oxygen atoms in total. The van der Waals surface area contributed by atoms with E-state index >= 15 is 0 Å². The molecule has 0 radical (unpaired) electrons. The molecule has 2 heterocycles. The molecule has 0 spiro atoms. The van der Waals surface area contributed by atoms with Gasteiger partial charge < -0.3 is 0 Å². The van der Waals surface area contributed by atoms with Crippen molar-refractivity contribution < 1.29 is 4.92 Å². The van der Waals surface area contributed by atoms with E-state index < -0.39 is 4.92 Å². The van der Waals surface area contributed by atoms with E-state index in [2.05, 4.69) is 18.2 Å². The highest BCUT2D eigenvalue weighted by Crippen LogP contribution is 2.36. The third-order valence-electron chi connectivity index (χ3n) is 2.33. The summed E-state index contributed by atoms with van der Waals surface area (Å²) in [6.07, 6.45) is 1.58. The molecule has 0 unspecified atom stereocenters. The Hall–Kier alpha value is -1.03. The van der Waals surface area contributed by atoms with E-state index in [1.54, 1.807) is 6.08 Å².